The molecule has 0 aliphatic rings. The molecule has 1 aromatic heterocycles. The summed E-state index contributed by atoms with van der Waals surface area (Å²) in [4.78, 5) is 51.1. The Hall–Kier alpha value is -4.92. The smallest absolute Gasteiger partial charge is 0.308 e. The molecule has 9 heteroatoms. The number of aromatic nitrogens is 3. The Morgan fingerprint density at radius 1 is 0.692 bits per heavy atom. The lowest BCUT2D eigenvalue weighted by Crippen LogP contribution is -2.19. The Balaban J connectivity index is 1.93. The van der Waals surface area contributed by atoms with Crippen molar-refractivity contribution in [1.82, 2.24) is 15.0 Å². The lowest BCUT2D eigenvalue weighted by Gasteiger charge is -2.21. The monoisotopic (exact) mass is 525 g/mol. The van der Waals surface area contributed by atoms with Crippen molar-refractivity contribution in [3.8, 4) is 11.5 Å². The fourth-order valence-corrected chi connectivity index (χ4v) is 4.33. The number of carbonyl (C=O) groups excluding carboxylic acids is 4. The van der Waals surface area contributed by atoms with Gasteiger partial charge in [0.1, 0.15) is 17.2 Å². The molecular formula is C30H27N3O6. The van der Waals surface area contributed by atoms with Crippen molar-refractivity contribution < 1.29 is 28.7 Å². The van der Waals surface area contributed by atoms with Crippen LogP contribution < -0.4 is 9.47 Å². The molecule has 4 rings (SSSR count). The van der Waals surface area contributed by atoms with E-state index in [4.69, 9.17) is 9.47 Å². The molecule has 4 aromatic rings. The largest absolute Gasteiger partial charge is 0.426 e. The third-order valence-corrected chi connectivity index (χ3v) is 6.35. The standard InChI is InChI=1S/C30H27N3O6/c1-17-18(2)30(39-21(5)35)24(19(3)29(17)38-20(4)34)16-33-26(28(37)23-14-10-7-11-15-23)25(31-32-33)27(36)22-12-8-6-9-13-22/h6-15H,16H2,1-5H3. The first-order valence-electron chi connectivity index (χ1n) is 12.2. The van der Waals surface area contributed by atoms with E-state index in [1.807, 2.05) is 0 Å². The van der Waals surface area contributed by atoms with Crippen molar-refractivity contribution >= 4 is 23.5 Å². The van der Waals surface area contributed by atoms with Crippen molar-refractivity contribution in [3.63, 3.8) is 0 Å². The van der Waals surface area contributed by atoms with Gasteiger partial charge in [-0.3, -0.25) is 19.2 Å². The van der Waals surface area contributed by atoms with Crippen LogP contribution in [0.1, 0.15) is 68.2 Å². The van der Waals surface area contributed by atoms with Crippen LogP contribution in [0, 0.1) is 20.8 Å². The summed E-state index contributed by atoms with van der Waals surface area (Å²) >= 11 is 0. The van der Waals surface area contributed by atoms with Crippen LogP contribution in [-0.2, 0) is 16.1 Å². The highest BCUT2D eigenvalue weighted by Crippen LogP contribution is 2.39. The van der Waals surface area contributed by atoms with Gasteiger partial charge in [-0.05, 0) is 31.9 Å². The van der Waals surface area contributed by atoms with Crippen LogP contribution in [0.25, 0.3) is 0 Å². The highest BCUT2D eigenvalue weighted by molar-refractivity contribution is 6.17. The number of carbonyl (C=O) groups is 4. The normalized spacial score (nSPS) is 10.7. The molecule has 0 atom stereocenters. The number of ether oxygens (including phenoxy) is 2. The second kappa shape index (κ2) is 11.2. The topological polar surface area (TPSA) is 117 Å². The summed E-state index contributed by atoms with van der Waals surface area (Å²) in [6.45, 7) is 7.71. The Bertz CT molecular complexity index is 1590. The lowest BCUT2D eigenvalue weighted by atomic mass is 9.96. The molecule has 0 aliphatic carbocycles. The van der Waals surface area contributed by atoms with Crippen LogP contribution in [-0.4, -0.2) is 38.5 Å². The molecule has 0 amide bonds. The maximum absolute atomic E-state index is 13.7. The summed E-state index contributed by atoms with van der Waals surface area (Å²) in [6, 6.07) is 17.0. The number of rotatable bonds is 8. The van der Waals surface area contributed by atoms with Crippen molar-refractivity contribution in [3.05, 3.63) is 105 Å². The maximum Gasteiger partial charge on any atom is 0.308 e. The summed E-state index contributed by atoms with van der Waals surface area (Å²) in [7, 11) is 0. The number of hydrogen-bond acceptors (Lipinski definition) is 8. The number of ketones is 2. The van der Waals surface area contributed by atoms with Gasteiger partial charge < -0.3 is 9.47 Å². The average molecular weight is 526 g/mol. The first-order chi connectivity index (χ1) is 18.6. The van der Waals surface area contributed by atoms with Gasteiger partial charge in [-0.1, -0.05) is 65.9 Å². The van der Waals surface area contributed by atoms with Crippen molar-refractivity contribution in [2.24, 2.45) is 0 Å². The minimum Gasteiger partial charge on any atom is -0.426 e. The van der Waals surface area contributed by atoms with Crippen LogP contribution in [0.4, 0.5) is 0 Å². The Morgan fingerprint density at radius 2 is 1.18 bits per heavy atom. The van der Waals surface area contributed by atoms with Gasteiger partial charge >= 0.3 is 11.9 Å². The number of benzene rings is 3. The second-order valence-electron chi connectivity index (χ2n) is 9.03. The Morgan fingerprint density at radius 3 is 1.72 bits per heavy atom. The zero-order chi connectivity index (χ0) is 28.3. The summed E-state index contributed by atoms with van der Waals surface area (Å²) in [6.07, 6.45) is 0. The number of nitrogens with zero attached hydrogens (tertiary/aromatic N) is 3. The molecule has 0 fully saturated rings. The van der Waals surface area contributed by atoms with E-state index < -0.39 is 23.5 Å². The molecule has 0 unspecified atom stereocenters. The Kier molecular flexibility index (Phi) is 7.80. The van der Waals surface area contributed by atoms with Crippen LogP contribution >= 0.6 is 0 Å². The van der Waals surface area contributed by atoms with Gasteiger partial charge in [-0.2, -0.15) is 0 Å². The summed E-state index contributed by atoms with van der Waals surface area (Å²) < 4.78 is 12.4. The van der Waals surface area contributed by atoms with E-state index >= 15 is 0 Å². The van der Waals surface area contributed by atoms with E-state index in [9.17, 15) is 19.2 Å². The first-order valence-corrected chi connectivity index (χ1v) is 12.2. The predicted octanol–water partition coefficient (Wildman–Crippen LogP) is 4.56. The zero-order valence-corrected chi connectivity index (χ0v) is 22.3. The van der Waals surface area contributed by atoms with E-state index in [0.29, 0.717) is 39.1 Å². The van der Waals surface area contributed by atoms with E-state index in [-0.39, 0.29) is 23.7 Å². The van der Waals surface area contributed by atoms with Gasteiger partial charge in [0.25, 0.3) is 0 Å². The third-order valence-electron chi connectivity index (χ3n) is 6.35. The number of esters is 2. The molecule has 0 saturated carbocycles. The first kappa shape index (κ1) is 27.1. The molecule has 9 nitrogen and oxygen atoms in total. The fraction of sp³-hybridized carbons (Fsp3) is 0.200. The Labute approximate surface area is 225 Å². The van der Waals surface area contributed by atoms with Gasteiger partial charge in [0, 0.05) is 36.1 Å². The van der Waals surface area contributed by atoms with E-state index in [2.05, 4.69) is 10.3 Å². The van der Waals surface area contributed by atoms with Crippen LogP contribution in [0.3, 0.4) is 0 Å². The molecule has 0 spiro atoms. The maximum atomic E-state index is 13.7. The van der Waals surface area contributed by atoms with Crippen molar-refractivity contribution in [2.75, 3.05) is 0 Å². The summed E-state index contributed by atoms with van der Waals surface area (Å²) in [5.74, 6) is -1.38. The predicted molar refractivity (Wildman–Crippen MR) is 142 cm³/mol. The molecule has 0 radical (unpaired) electrons. The summed E-state index contributed by atoms with van der Waals surface area (Å²) in [5, 5.41) is 8.30. The minimum atomic E-state index is -0.544. The fourth-order valence-electron chi connectivity index (χ4n) is 4.33. The SMILES string of the molecule is CC(=O)Oc1c(C)c(C)c(OC(C)=O)c(Cn2nnc(C(=O)c3ccccc3)c2C(=O)c2ccccc2)c1C. The molecule has 1 heterocycles. The second-order valence-corrected chi connectivity index (χ2v) is 9.03. The quantitative estimate of drug-likeness (QED) is 0.187. The highest BCUT2D eigenvalue weighted by Gasteiger charge is 2.29. The van der Waals surface area contributed by atoms with Crippen molar-refractivity contribution in [1.29, 1.82) is 0 Å². The average Bonchev–Trinajstić information content (AvgIpc) is 3.35. The van der Waals surface area contributed by atoms with Gasteiger partial charge in [-0.25, -0.2) is 4.68 Å². The third kappa shape index (κ3) is 5.52. The number of hydrogen-bond donors (Lipinski definition) is 0. The van der Waals surface area contributed by atoms with Gasteiger partial charge in [0.05, 0.1) is 6.54 Å². The van der Waals surface area contributed by atoms with E-state index in [0.717, 1.165) is 0 Å². The molecular weight excluding hydrogens is 498 g/mol. The molecule has 0 N–H and O–H groups in total. The van der Waals surface area contributed by atoms with Crippen LogP contribution in [0.15, 0.2) is 60.7 Å². The van der Waals surface area contributed by atoms with Crippen molar-refractivity contribution in [2.45, 2.75) is 41.2 Å². The molecule has 39 heavy (non-hydrogen) atoms. The van der Waals surface area contributed by atoms with Gasteiger partial charge in [0.15, 0.2) is 5.69 Å². The van der Waals surface area contributed by atoms with Crippen LogP contribution in [0.5, 0.6) is 11.5 Å². The molecule has 3 aromatic carbocycles. The van der Waals surface area contributed by atoms with E-state index in [1.54, 1.807) is 81.4 Å². The molecule has 0 bridgehead atoms. The molecule has 0 aliphatic heterocycles. The molecule has 198 valence electrons. The minimum absolute atomic E-state index is 0.0181. The zero-order valence-electron chi connectivity index (χ0n) is 22.3. The lowest BCUT2D eigenvalue weighted by molar-refractivity contribution is -0.133. The van der Waals surface area contributed by atoms with Gasteiger partial charge in [0.2, 0.25) is 11.6 Å². The van der Waals surface area contributed by atoms with Crippen LogP contribution in [0.2, 0.25) is 0 Å². The van der Waals surface area contributed by atoms with E-state index in [1.165, 1.54) is 18.5 Å². The van der Waals surface area contributed by atoms with Gasteiger partial charge in [-0.15, -0.1) is 5.10 Å². The summed E-state index contributed by atoms with van der Waals surface area (Å²) in [5.41, 5.74) is 2.76. The molecule has 0 saturated heterocycles. The highest BCUT2D eigenvalue weighted by atomic mass is 16.5.